The van der Waals surface area contributed by atoms with Crippen molar-refractivity contribution in [2.24, 2.45) is 0 Å². The van der Waals surface area contributed by atoms with Gasteiger partial charge >= 0.3 is 0 Å². The summed E-state index contributed by atoms with van der Waals surface area (Å²) in [6.45, 7) is 0.388. The molecule has 5 heteroatoms. The summed E-state index contributed by atoms with van der Waals surface area (Å²) in [7, 11) is 1.55. The van der Waals surface area contributed by atoms with E-state index in [1.54, 1.807) is 19.2 Å². The van der Waals surface area contributed by atoms with Crippen LogP contribution < -0.4 is 9.47 Å². The zero-order valence-corrected chi connectivity index (χ0v) is 13.9. The van der Waals surface area contributed by atoms with Crippen LogP contribution in [0.5, 0.6) is 11.5 Å². The molecule has 0 bridgehead atoms. The minimum atomic E-state index is 0.388. The van der Waals surface area contributed by atoms with E-state index >= 15 is 0 Å². The second-order valence-electron chi connectivity index (χ2n) is 4.01. The van der Waals surface area contributed by atoms with Gasteiger partial charge in [-0.1, -0.05) is 22.0 Å². The van der Waals surface area contributed by atoms with Crippen LogP contribution in [0.25, 0.3) is 0 Å². The molecule has 0 saturated heterocycles. The van der Waals surface area contributed by atoms with E-state index in [0.29, 0.717) is 17.9 Å². The molecule has 0 aliphatic carbocycles. The molecule has 2 aromatic rings. The number of nitriles is 1. The van der Waals surface area contributed by atoms with E-state index in [1.165, 1.54) is 0 Å². The fraction of sp³-hybridized carbons (Fsp3) is 0.133. The van der Waals surface area contributed by atoms with Crippen LogP contribution in [0.4, 0.5) is 0 Å². The molecule has 0 unspecified atom stereocenters. The van der Waals surface area contributed by atoms with Gasteiger partial charge in [-0.3, -0.25) is 0 Å². The molecule has 0 saturated carbocycles. The summed E-state index contributed by atoms with van der Waals surface area (Å²) in [4.78, 5) is 0. The third-order valence-corrected chi connectivity index (χ3v) is 3.79. The predicted octanol–water partition coefficient (Wildman–Crippen LogP) is 4.67. The smallest absolute Gasteiger partial charge is 0.136 e. The van der Waals surface area contributed by atoms with Crippen molar-refractivity contribution in [2.75, 3.05) is 7.11 Å². The first-order valence-electron chi connectivity index (χ1n) is 5.79. The van der Waals surface area contributed by atoms with Crippen molar-refractivity contribution < 1.29 is 9.47 Å². The van der Waals surface area contributed by atoms with Gasteiger partial charge in [0.05, 0.1) is 17.1 Å². The van der Waals surface area contributed by atoms with Crippen molar-refractivity contribution in [3.8, 4) is 17.6 Å². The summed E-state index contributed by atoms with van der Waals surface area (Å²) < 4.78 is 12.7. The zero-order valence-electron chi connectivity index (χ0n) is 10.7. The molecule has 102 valence electrons. The lowest BCUT2D eigenvalue weighted by Gasteiger charge is -2.10. The van der Waals surface area contributed by atoms with Crippen molar-refractivity contribution in [1.29, 1.82) is 5.26 Å². The van der Waals surface area contributed by atoms with Gasteiger partial charge in [-0.2, -0.15) is 5.26 Å². The maximum Gasteiger partial charge on any atom is 0.136 e. The SMILES string of the molecule is COc1ccc(COc2ccc(Br)cc2Br)cc1C#N. The Labute approximate surface area is 134 Å². The number of benzene rings is 2. The molecule has 0 aliphatic heterocycles. The minimum Gasteiger partial charge on any atom is -0.495 e. The number of hydrogen-bond donors (Lipinski definition) is 0. The summed E-state index contributed by atoms with van der Waals surface area (Å²) in [6.07, 6.45) is 0. The van der Waals surface area contributed by atoms with Crippen LogP contribution in [0.1, 0.15) is 11.1 Å². The van der Waals surface area contributed by atoms with Gasteiger partial charge in [-0.15, -0.1) is 0 Å². The number of ether oxygens (including phenoxy) is 2. The first kappa shape index (κ1) is 14.9. The quantitative estimate of drug-likeness (QED) is 0.753. The molecule has 3 nitrogen and oxygen atoms in total. The lowest BCUT2D eigenvalue weighted by Crippen LogP contribution is -1.97. The molecule has 0 heterocycles. The van der Waals surface area contributed by atoms with Crippen molar-refractivity contribution in [1.82, 2.24) is 0 Å². The van der Waals surface area contributed by atoms with E-state index in [-0.39, 0.29) is 0 Å². The molecule has 0 aliphatic rings. The van der Waals surface area contributed by atoms with E-state index in [4.69, 9.17) is 14.7 Å². The third-order valence-electron chi connectivity index (χ3n) is 2.67. The van der Waals surface area contributed by atoms with Gasteiger partial charge in [0.2, 0.25) is 0 Å². The zero-order chi connectivity index (χ0) is 14.5. The Morgan fingerprint density at radius 2 is 1.85 bits per heavy atom. The summed E-state index contributed by atoms with van der Waals surface area (Å²) >= 11 is 6.84. The summed E-state index contributed by atoms with van der Waals surface area (Å²) in [5.74, 6) is 1.32. The number of halogens is 2. The van der Waals surface area contributed by atoms with Crippen LogP contribution in [0.15, 0.2) is 45.3 Å². The van der Waals surface area contributed by atoms with Crippen LogP contribution in [0, 0.1) is 11.3 Å². The molecule has 2 aromatic carbocycles. The molecule has 0 atom stereocenters. The van der Waals surface area contributed by atoms with E-state index in [0.717, 1.165) is 20.3 Å². The summed E-state index contributed by atoms with van der Waals surface area (Å²) in [5, 5.41) is 9.05. The first-order chi connectivity index (χ1) is 9.63. The van der Waals surface area contributed by atoms with Crippen molar-refractivity contribution in [3.05, 3.63) is 56.5 Å². The van der Waals surface area contributed by atoms with E-state index in [1.807, 2.05) is 24.3 Å². The Balaban J connectivity index is 2.13. The number of hydrogen-bond acceptors (Lipinski definition) is 3. The molecule has 0 amide bonds. The van der Waals surface area contributed by atoms with Crippen molar-refractivity contribution >= 4 is 31.9 Å². The Morgan fingerprint density at radius 1 is 1.10 bits per heavy atom. The second kappa shape index (κ2) is 6.78. The van der Waals surface area contributed by atoms with Crippen LogP contribution in [-0.4, -0.2) is 7.11 Å². The molecule has 20 heavy (non-hydrogen) atoms. The van der Waals surface area contributed by atoms with E-state index in [9.17, 15) is 0 Å². The average molecular weight is 397 g/mol. The van der Waals surface area contributed by atoms with Crippen LogP contribution in [0.2, 0.25) is 0 Å². The molecule has 0 aromatic heterocycles. The average Bonchev–Trinajstić information content (AvgIpc) is 2.46. The Hall–Kier alpha value is -1.51. The normalized spacial score (nSPS) is 9.90. The van der Waals surface area contributed by atoms with Crippen LogP contribution in [-0.2, 0) is 6.61 Å². The van der Waals surface area contributed by atoms with E-state index in [2.05, 4.69) is 37.9 Å². The fourth-order valence-electron chi connectivity index (χ4n) is 1.69. The first-order valence-corrected chi connectivity index (χ1v) is 7.37. The Kier molecular flexibility index (Phi) is 5.05. The lowest BCUT2D eigenvalue weighted by molar-refractivity contribution is 0.304. The standard InChI is InChI=1S/C15H11Br2NO2/c1-19-14-4-2-10(6-11(14)8-18)9-20-15-5-3-12(16)7-13(15)17/h2-7H,9H2,1H3. The van der Waals surface area contributed by atoms with Gasteiger partial charge in [-0.25, -0.2) is 0 Å². The van der Waals surface area contributed by atoms with Gasteiger partial charge in [0, 0.05) is 4.47 Å². The molecular weight excluding hydrogens is 386 g/mol. The number of nitrogens with zero attached hydrogens (tertiary/aromatic N) is 1. The third kappa shape index (κ3) is 3.53. The number of rotatable bonds is 4. The maximum atomic E-state index is 9.05. The highest BCUT2D eigenvalue weighted by Gasteiger charge is 2.06. The van der Waals surface area contributed by atoms with E-state index < -0.39 is 0 Å². The van der Waals surface area contributed by atoms with Gasteiger partial charge in [0.1, 0.15) is 24.2 Å². The van der Waals surface area contributed by atoms with Gasteiger partial charge in [-0.05, 0) is 51.8 Å². The Morgan fingerprint density at radius 3 is 2.50 bits per heavy atom. The highest BCUT2D eigenvalue weighted by molar-refractivity contribution is 9.11. The molecular formula is C15H11Br2NO2. The molecule has 0 spiro atoms. The van der Waals surface area contributed by atoms with Gasteiger partial charge in [0.25, 0.3) is 0 Å². The summed E-state index contributed by atoms with van der Waals surface area (Å²) in [6, 6.07) is 13.2. The van der Waals surface area contributed by atoms with Gasteiger partial charge in [0.15, 0.2) is 0 Å². The largest absolute Gasteiger partial charge is 0.495 e. The maximum absolute atomic E-state index is 9.05. The topological polar surface area (TPSA) is 42.2 Å². The molecule has 0 N–H and O–H groups in total. The van der Waals surface area contributed by atoms with Crippen molar-refractivity contribution in [3.63, 3.8) is 0 Å². The second-order valence-corrected chi connectivity index (χ2v) is 5.78. The highest BCUT2D eigenvalue weighted by atomic mass is 79.9. The lowest BCUT2D eigenvalue weighted by atomic mass is 10.1. The van der Waals surface area contributed by atoms with Crippen LogP contribution >= 0.6 is 31.9 Å². The number of methoxy groups -OCH3 is 1. The highest BCUT2D eigenvalue weighted by Crippen LogP contribution is 2.29. The van der Waals surface area contributed by atoms with Gasteiger partial charge < -0.3 is 9.47 Å². The molecule has 2 rings (SSSR count). The minimum absolute atomic E-state index is 0.388. The molecule has 0 fully saturated rings. The van der Waals surface area contributed by atoms with Crippen LogP contribution in [0.3, 0.4) is 0 Å². The van der Waals surface area contributed by atoms with Crippen molar-refractivity contribution in [2.45, 2.75) is 6.61 Å². The fourth-order valence-corrected chi connectivity index (χ4v) is 2.85. The summed E-state index contributed by atoms with van der Waals surface area (Å²) in [5.41, 5.74) is 1.42. The monoisotopic (exact) mass is 395 g/mol. The molecule has 0 radical (unpaired) electrons. The predicted molar refractivity (Wildman–Crippen MR) is 83.9 cm³/mol. The Bertz CT molecular complexity index is 665.